The molecule has 2 amide bonds. The van der Waals surface area contributed by atoms with Crippen molar-refractivity contribution >= 4 is 24.6 Å². The van der Waals surface area contributed by atoms with Crippen LogP contribution in [0.15, 0.2) is 0 Å². The van der Waals surface area contributed by atoms with Gasteiger partial charge in [-0.05, 0) is 12.8 Å². The average molecular weight is 286 g/mol. The molecule has 0 rings (SSSR count). The van der Waals surface area contributed by atoms with Crippen molar-refractivity contribution in [3.05, 3.63) is 0 Å². The highest BCUT2D eigenvalue weighted by Crippen LogP contribution is 2.04. The Morgan fingerprint density at radius 3 is 2.35 bits per heavy atom. The topological polar surface area (TPSA) is 84.0 Å². The zero-order valence-corrected chi connectivity index (χ0v) is 12.0. The minimum Gasteiger partial charge on any atom is -0.348 e. The van der Waals surface area contributed by atoms with Gasteiger partial charge in [-0.1, -0.05) is 6.42 Å². The van der Waals surface area contributed by atoms with E-state index in [1.54, 1.807) is 7.05 Å². The van der Waals surface area contributed by atoms with E-state index in [4.69, 9.17) is 4.84 Å². The van der Waals surface area contributed by atoms with E-state index >= 15 is 0 Å². The Morgan fingerprint density at radius 2 is 1.75 bits per heavy atom. The number of unbranched alkanes of at least 4 members (excludes halogenated alkanes) is 2. The molecule has 0 fully saturated rings. The molecular formula is C13H22N2O5. The smallest absolute Gasteiger partial charge is 0.332 e. The first-order chi connectivity index (χ1) is 9.51. The van der Waals surface area contributed by atoms with E-state index in [9.17, 15) is 19.2 Å². The number of hydrogen-bond donors (Lipinski definition) is 0. The van der Waals surface area contributed by atoms with Gasteiger partial charge >= 0.3 is 5.97 Å². The summed E-state index contributed by atoms with van der Waals surface area (Å²) in [5.41, 5.74) is 0. The molecule has 0 saturated carbocycles. The third-order valence-corrected chi connectivity index (χ3v) is 2.64. The van der Waals surface area contributed by atoms with E-state index < -0.39 is 11.9 Å². The van der Waals surface area contributed by atoms with E-state index in [1.165, 1.54) is 11.9 Å². The minimum absolute atomic E-state index is 0.0330. The summed E-state index contributed by atoms with van der Waals surface area (Å²) in [5, 5.41) is 0.867. The number of hydroxylamine groups is 2. The molecule has 0 bridgehead atoms. The molecule has 20 heavy (non-hydrogen) atoms. The predicted molar refractivity (Wildman–Crippen MR) is 71.3 cm³/mol. The van der Waals surface area contributed by atoms with Crippen LogP contribution in [0.3, 0.4) is 0 Å². The predicted octanol–water partition coefficient (Wildman–Crippen LogP) is 0.531. The summed E-state index contributed by atoms with van der Waals surface area (Å²) in [7, 11) is 3.05. The summed E-state index contributed by atoms with van der Waals surface area (Å²) in [6.45, 7) is 0.655. The molecule has 0 N–H and O–H groups in total. The van der Waals surface area contributed by atoms with Crippen LogP contribution in [0.1, 0.15) is 38.5 Å². The lowest BCUT2D eigenvalue weighted by Gasteiger charge is -2.15. The molecule has 114 valence electrons. The highest BCUT2D eigenvalue weighted by atomic mass is 16.7. The van der Waals surface area contributed by atoms with Crippen molar-refractivity contribution in [2.24, 2.45) is 0 Å². The van der Waals surface area contributed by atoms with Crippen LogP contribution >= 0.6 is 0 Å². The second kappa shape index (κ2) is 11.0. The van der Waals surface area contributed by atoms with Crippen LogP contribution < -0.4 is 0 Å². The first-order valence-electron chi connectivity index (χ1n) is 6.57. The van der Waals surface area contributed by atoms with E-state index in [1.807, 2.05) is 0 Å². The van der Waals surface area contributed by atoms with E-state index in [2.05, 4.69) is 0 Å². The van der Waals surface area contributed by atoms with Crippen LogP contribution in [0.4, 0.5) is 0 Å². The zero-order valence-electron chi connectivity index (χ0n) is 12.0. The van der Waals surface area contributed by atoms with Crippen molar-refractivity contribution in [1.29, 1.82) is 0 Å². The standard InChI is InChI=1S/C13H22N2O5/c1-14(11-17)9-5-3-4-8-13(19)20-15(2)12(18)7-6-10-16/h10-11H,3-9H2,1-2H3. The van der Waals surface area contributed by atoms with Crippen molar-refractivity contribution in [3.63, 3.8) is 0 Å². The molecule has 0 aliphatic rings. The Balaban J connectivity index is 3.69. The van der Waals surface area contributed by atoms with Gasteiger partial charge in [0.1, 0.15) is 6.29 Å². The number of aldehydes is 1. The third kappa shape index (κ3) is 9.07. The lowest BCUT2D eigenvalue weighted by atomic mass is 10.2. The van der Waals surface area contributed by atoms with Gasteiger partial charge in [0, 0.05) is 39.9 Å². The third-order valence-electron chi connectivity index (χ3n) is 2.64. The Bertz CT molecular complexity index is 333. The fourth-order valence-corrected chi connectivity index (χ4v) is 1.45. The fraction of sp³-hybridized carbons (Fsp3) is 0.692. The quantitative estimate of drug-likeness (QED) is 0.332. The molecule has 0 atom stereocenters. The summed E-state index contributed by atoms with van der Waals surface area (Å²) in [6.07, 6.45) is 4.03. The van der Waals surface area contributed by atoms with Gasteiger partial charge in [-0.25, -0.2) is 4.79 Å². The first kappa shape index (κ1) is 18.1. The summed E-state index contributed by atoms with van der Waals surface area (Å²) in [5.74, 6) is -0.881. The molecule has 0 aliphatic heterocycles. The lowest BCUT2D eigenvalue weighted by molar-refractivity contribution is -0.192. The Hall–Kier alpha value is -1.92. The number of amides is 2. The van der Waals surface area contributed by atoms with Crippen LogP contribution in [0, 0.1) is 0 Å². The molecule has 0 heterocycles. The number of nitrogens with zero attached hydrogens (tertiary/aromatic N) is 2. The van der Waals surface area contributed by atoms with Crippen LogP contribution in [-0.2, 0) is 24.0 Å². The monoisotopic (exact) mass is 286 g/mol. The van der Waals surface area contributed by atoms with Crippen molar-refractivity contribution in [2.45, 2.75) is 38.5 Å². The van der Waals surface area contributed by atoms with E-state index in [-0.39, 0.29) is 19.3 Å². The second-order valence-corrected chi connectivity index (χ2v) is 4.46. The SMILES string of the molecule is CN(C=O)CCCCCC(=O)ON(C)C(=O)CCC=O. The van der Waals surface area contributed by atoms with Crippen molar-refractivity contribution in [3.8, 4) is 0 Å². The van der Waals surface area contributed by atoms with Crippen molar-refractivity contribution in [2.75, 3.05) is 20.6 Å². The molecule has 0 spiro atoms. The zero-order chi connectivity index (χ0) is 15.4. The average Bonchev–Trinajstić information content (AvgIpc) is 2.43. The number of carbonyl (C=O) groups excluding carboxylic acids is 4. The molecule has 0 radical (unpaired) electrons. The number of rotatable bonds is 10. The second-order valence-electron chi connectivity index (χ2n) is 4.46. The molecular weight excluding hydrogens is 264 g/mol. The Labute approximate surface area is 118 Å². The van der Waals surface area contributed by atoms with Gasteiger partial charge in [-0.3, -0.25) is 9.59 Å². The van der Waals surface area contributed by atoms with Gasteiger partial charge in [-0.15, -0.1) is 0 Å². The molecule has 0 aromatic heterocycles. The molecule has 0 aromatic rings. The van der Waals surface area contributed by atoms with Crippen LogP contribution in [0.2, 0.25) is 0 Å². The molecule has 0 saturated heterocycles. The first-order valence-corrected chi connectivity index (χ1v) is 6.57. The molecule has 0 aromatic carbocycles. The highest BCUT2D eigenvalue weighted by Gasteiger charge is 2.13. The summed E-state index contributed by atoms with van der Waals surface area (Å²) < 4.78 is 0. The van der Waals surface area contributed by atoms with Gasteiger partial charge < -0.3 is 14.5 Å². The maximum atomic E-state index is 11.4. The maximum absolute atomic E-state index is 11.4. The summed E-state index contributed by atoms with van der Waals surface area (Å²) >= 11 is 0. The van der Waals surface area contributed by atoms with Gasteiger partial charge in [0.15, 0.2) is 0 Å². The van der Waals surface area contributed by atoms with Gasteiger partial charge in [0.2, 0.25) is 6.41 Å². The van der Waals surface area contributed by atoms with Crippen LogP contribution in [0.5, 0.6) is 0 Å². The molecule has 7 nitrogen and oxygen atoms in total. The highest BCUT2D eigenvalue weighted by molar-refractivity contribution is 5.79. The molecule has 0 aliphatic carbocycles. The Kier molecular flexibility index (Phi) is 9.90. The lowest BCUT2D eigenvalue weighted by Crippen LogP contribution is -2.29. The van der Waals surface area contributed by atoms with Gasteiger partial charge in [-0.2, -0.15) is 5.06 Å². The summed E-state index contributed by atoms with van der Waals surface area (Å²) in [6, 6.07) is 0. The normalized spacial score (nSPS) is 9.70. The van der Waals surface area contributed by atoms with Crippen molar-refractivity contribution in [1.82, 2.24) is 9.96 Å². The number of carbonyl (C=O) groups is 4. The van der Waals surface area contributed by atoms with Gasteiger partial charge in [0.25, 0.3) is 5.91 Å². The Morgan fingerprint density at radius 1 is 1.05 bits per heavy atom. The largest absolute Gasteiger partial charge is 0.348 e. The van der Waals surface area contributed by atoms with Gasteiger partial charge in [0.05, 0.1) is 0 Å². The minimum atomic E-state index is -0.476. The fourth-order valence-electron chi connectivity index (χ4n) is 1.45. The maximum Gasteiger partial charge on any atom is 0.332 e. The van der Waals surface area contributed by atoms with Crippen LogP contribution in [0.25, 0.3) is 0 Å². The van der Waals surface area contributed by atoms with E-state index in [0.29, 0.717) is 19.3 Å². The van der Waals surface area contributed by atoms with Crippen LogP contribution in [-0.4, -0.2) is 55.2 Å². The molecule has 7 heteroatoms. The summed E-state index contributed by atoms with van der Waals surface area (Å²) in [4.78, 5) is 49.6. The molecule has 0 unspecified atom stereocenters. The van der Waals surface area contributed by atoms with Crippen molar-refractivity contribution < 1.29 is 24.0 Å². The number of hydrogen-bond acceptors (Lipinski definition) is 5. The van der Waals surface area contributed by atoms with E-state index in [0.717, 1.165) is 24.3 Å².